The van der Waals surface area contributed by atoms with Crippen LogP contribution in [0.1, 0.15) is 43.6 Å². The van der Waals surface area contributed by atoms with E-state index < -0.39 is 33.8 Å². The van der Waals surface area contributed by atoms with Gasteiger partial charge in [-0.25, -0.2) is 0 Å². The van der Waals surface area contributed by atoms with Crippen LogP contribution in [0, 0.1) is 0 Å². The molecular weight excluding hydrogens is 431 g/mol. The fourth-order valence-electron chi connectivity index (χ4n) is 2.75. The molecule has 4 nitrogen and oxygen atoms in total. The monoisotopic (exact) mass is 452 g/mol. The van der Waals surface area contributed by atoms with Crippen LogP contribution in [0.2, 0.25) is 0 Å². The van der Waals surface area contributed by atoms with Crippen LogP contribution < -0.4 is 0 Å². The highest BCUT2D eigenvalue weighted by Gasteiger charge is 2.65. The summed E-state index contributed by atoms with van der Waals surface area (Å²) in [5.74, 6) is 0. The third-order valence-electron chi connectivity index (χ3n) is 4.40. The first-order valence-corrected chi connectivity index (χ1v) is 10.2. The first kappa shape index (κ1) is 24.2. The Kier molecular flexibility index (Phi) is 6.65. The summed E-state index contributed by atoms with van der Waals surface area (Å²) in [7, 11) is -6.40. The molecule has 2 atom stereocenters. The first-order valence-electron chi connectivity index (χ1n) is 8.77. The molecule has 0 radical (unpaired) electrons. The van der Waals surface area contributed by atoms with E-state index in [1.54, 1.807) is 18.2 Å². The smallest absolute Gasteiger partial charge is 0.349 e. The molecule has 0 spiro atoms. The second-order valence-corrected chi connectivity index (χ2v) is 9.25. The van der Waals surface area contributed by atoms with Crippen molar-refractivity contribution in [2.75, 3.05) is 0 Å². The molecule has 30 heavy (non-hydrogen) atoms. The predicted octanol–water partition coefficient (Wildman–Crippen LogP) is 5.50. The Morgan fingerprint density at radius 2 is 1.30 bits per heavy atom. The topological polar surface area (TPSA) is 63.6 Å². The summed E-state index contributed by atoms with van der Waals surface area (Å²) in [6.07, 6.45) is -11.5. The van der Waals surface area contributed by atoms with Crippen molar-refractivity contribution in [1.29, 1.82) is 0 Å². The summed E-state index contributed by atoms with van der Waals surface area (Å²) < 4.78 is 104. The number of rotatable bonds is 6. The highest BCUT2D eigenvalue weighted by atomic mass is 32.2. The number of benzene rings is 2. The van der Waals surface area contributed by atoms with E-state index in [1.807, 2.05) is 20.8 Å². The molecule has 166 valence electrons. The van der Waals surface area contributed by atoms with Crippen LogP contribution in [-0.2, 0) is 20.3 Å². The van der Waals surface area contributed by atoms with Gasteiger partial charge in [-0.2, -0.15) is 30.4 Å². The van der Waals surface area contributed by atoms with Crippen molar-refractivity contribution in [2.24, 2.45) is 0 Å². The van der Waals surface area contributed by atoms with Gasteiger partial charge in [0.2, 0.25) is 6.10 Å². The highest BCUT2D eigenvalue weighted by molar-refractivity contribution is 7.86. The molecule has 0 aliphatic heterocycles. The van der Waals surface area contributed by atoms with E-state index in [4.69, 9.17) is 4.55 Å². The van der Waals surface area contributed by atoms with Crippen LogP contribution in [0.5, 0.6) is 0 Å². The Hall–Kier alpha value is -2.04. The van der Waals surface area contributed by atoms with Gasteiger partial charge in [-0.05, 0) is 22.1 Å². The number of ether oxygens (including phenoxy) is 1. The maximum Gasteiger partial charge on any atom is 0.421 e. The zero-order valence-electron chi connectivity index (χ0n) is 16.3. The molecule has 0 saturated heterocycles. The zero-order valence-corrected chi connectivity index (χ0v) is 17.1. The second-order valence-electron chi connectivity index (χ2n) is 7.76. The number of alkyl halides is 5. The molecule has 0 amide bonds. The van der Waals surface area contributed by atoms with Crippen LogP contribution in [0.15, 0.2) is 54.6 Å². The quantitative estimate of drug-likeness (QED) is 0.464. The van der Waals surface area contributed by atoms with Gasteiger partial charge in [0, 0.05) is 0 Å². The van der Waals surface area contributed by atoms with Gasteiger partial charge < -0.3 is 4.74 Å². The minimum Gasteiger partial charge on any atom is -0.349 e. The Labute approximate surface area is 171 Å². The molecule has 2 aromatic carbocycles. The molecule has 2 aromatic rings. The lowest BCUT2D eigenvalue weighted by Gasteiger charge is -2.31. The minimum absolute atomic E-state index is 0.0985. The molecule has 0 fully saturated rings. The molecule has 0 aromatic heterocycles. The molecule has 0 saturated carbocycles. The molecule has 1 N–H and O–H groups in total. The van der Waals surface area contributed by atoms with Gasteiger partial charge >= 0.3 is 21.5 Å². The minimum atomic E-state index is -6.40. The lowest BCUT2D eigenvalue weighted by molar-refractivity contribution is -0.273. The van der Waals surface area contributed by atoms with Gasteiger partial charge in [-0.15, -0.1) is 0 Å². The van der Waals surface area contributed by atoms with Gasteiger partial charge in [0.1, 0.15) is 6.10 Å². The van der Waals surface area contributed by atoms with E-state index in [0.29, 0.717) is 0 Å². The van der Waals surface area contributed by atoms with E-state index >= 15 is 0 Å². The Balaban J connectivity index is 2.57. The Morgan fingerprint density at radius 3 is 1.70 bits per heavy atom. The van der Waals surface area contributed by atoms with E-state index in [1.165, 1.54) is 36.4 Å². The Morgan fingerprint density at radius 1 is 0.833 bits per heavy atom. The van der Waals surface area contributed by atoms with E-state index in [9.17, 15) is 30.4 Å². The third kappa shape index (κ3) is 5.35. The molecule has 0 bridgehead atoms. The fraction of sp³-hybridized carbons (Fsp3) is 0.400. The average molecular weight is 452 g/mol. The Bertz CT molecular complexity index is 949. The number of halogens is 5. The SMILES string of the molecule is CC(C)(C)c1ccc(C(OC(C(F)(F)F)C(F)(F)S(=O)(=O)O)c2ccccc2)cc1. The number of hydrogen-bond donors (Lipinski definition) is 1. The maximum atomic E-state index is 14.0. The van der Waals surface area contributed by atoms with Gasteiger partial charge in [0.15, 0.2) is 0 Å². The normalized spacial score (nSPS) is 15.6. The van der Waals surface area contributed by atoms with Crippen LogP contribution >= 0.6 is 0 Å². The summed E-state index contributed by atoms with van der Waals surface area (Å²) >= 11 is 0. The van der Waals surface area contributed by atoms with Crippen LogP contribution in [0.4, 0.5) is 22.0 Å². The first-order chi connectivity index (χ1) is 13.5. The zero-order chi connectivity index (χ0) is 23.0. The lowest BCUT2D eigenvalue weighted by atomic mass is 9.86. The van der Waals surface area contributed by atoms with Crippen molar-refractivity contribution in [2.45, 2.75) is 49.8 Å². The lowest BCUT2D eigenvalue weighted by Crippen LogP contribution is -2.51. The number of hydrogen-bond acceptors (Lipinski definition) is 3. The second kappa shape index (κ2) is 8.24. The van der Waals surface area contributed by atoms with Crippen molar-refractivity contribution in [3.8, 4) is 0 Å². The summed E-state index contributed by atoms with van der Waals surface area (Å²) in [6.45, 7) is 5.75. The van der Waals surface area contributed by atoms with E-state index in [2.05, 4.69) is 4.74 Å². The van der Waals surface area contributed by atoms with Gasteiger partial charge in [0.05, 0.1) is 0 Å². The summed E-state index contributed by atoms with van der Waals surface area (Å²) in [4.78, 5) is 0. The van der Waals surface area contributed by atoms with Crippen molar-refractivity contribution >= 4 is 10.1 Å². The molecule has 2 unspecified atom stereocenters. The van der Waals surface area contributed by atoms with Crippen molar-refractivity contribution in [1.82, 2.24) is 0 Å². The fourth-order valence-corrected chi connectivity index (χ4v) is 3.21. The molecule has 2 rings (SSSR count). The van der Waals surface area contributed by atoms with Gasteiger partial charge in [-0.3, -0.25) is 4.55 Å². The van der Waals surface area contributed by atoms with Crippen LogP contribution in [0.3, 0.4) is 0 Å². The highest BCUT2D eigenvalue weighted by Crippen LogP contribution is 2.42. The maximum absolute atomic E-state index is 14.0. The molecule has 0 heterocycles. The van der Waals surface area contributed by atoms with Gasteiger partial charge in [-0.1, -0.05) is 75.4 Å². The standard InChI is InChI=1S/C20H21F5O4S/c1-18(2,3)15-11-9-14(10-12-15)16(13-7-5-4-6-8-13)29-17(19(21,22)23)20(24,25)30(26,27)28/h4-12,16-17H,1-3H3,(H,26,27,28). The van der Waals surface area contributed by atoms with Gasteiger partial charge in [0.25, 0.3) is 0 Å². The molecule has 0 aliphatic carbocycles. The van der Waals surface area contributed by atoms with E-state index in [0.717, 1.165) is 5.56 Å². The largest absolute Gasteiger partial charge is 0.421 e. The molecular formula is C20H21F5O4S. The van der Waals surface area contributed by atoms with Crippen LogP contribution in [0.25, 0.3) is 0 Å². The average Bonchev–Trinajstić information content (AvgIpc) is 2.60. The van der Waals surface area contributed by atoms with Crippen molar-refractivity contribution < 1.29 is 39.7 Å². The summed E-state index contributed by atoms with van der Waals surface area (Å²) in [6, 6.07) is 13.3. The summed E-state index contributed by atoms with van der Waals surface area (Å²) in [5.41, 5.74) is 0.776. The molecule has 10 heteroatoms. The molecule has 0 aliphatic rings. The van der Waals surface area contributed by atoms with E-state index in [-0.39, 0.29) is 16.5 Å². The van der Waals surface area contributed by atoms with Crippen molar-refractivity contribution in [3.63, 3.8) is 0 Å². The summed E-state index contributed by atoms with van der Waals surface area (Å²) in [5, 5.41) is -5.61. The van der Waals surface area contributed by atoms with Crippen LogP contribution in [-0.4, -0.2) is 30.5 Å². The van der Waals surface area contributed by atoms with Crippen molar-refractivity contribution in [3.05, 3.63) is 71.3 Å². The predicted molar refractivity (Wildman–Crippen MR) is 101 cm³/mol. The third-order valence-corrected chi connectivity index (χ3v) is 5.30.